The molecule has 0 aliphatic rings. The maximum atomic E-state index is 11.7. The van der Waals surface area contributed by atoms with Crippen LogP contribution in [-0.2, 0) is 4.74 Å². The number of benzene rings is 1. The molecule has 0 fully saturated rings. The lowest BCUT2D eigenvalue weighted by atomic mass is 10.2. The summed E-state index contributed by atoms with van der Waals surface area (Å²) >= 11 is 0. The summed E-state index contributed by atoms with van der Waals surface area (Å²) in [6.07, 6.45) is 0.724. The molecule has 3 N–H and O–H groups in total. The molecular formula is C17H20N4O4. The number of aromatic nitrogens is 2. The summed E-state index contributed by atoms with van der Waals surface area (Å²) in [7, 11) is 0. The molecule has 0 saturated heterocycles. The van der Waals surface area contributed by atoms with Crippen molar-refractivity contribution < 1.29 is 19.4 Å². The van der Waals surface area contributed by atoms with E-state index in [0.717, 1.165) is 0 Å². The Balaban J connectivity index is 2.02. The zero-order valence-electron chi connectivity index (χ0n) is 14.5. The van der Waals surface area contributed by atoms with Gasteiger partial charge in [0.15, 0.2) is 0 Å². The van der Waals surface area contributed by atoms with Gasteiger partial charge in [-0.25, -0.2) is 19.6 Å². The van der Waals surface area contributed by atoms with E-state index < -0.39 is 17.7 Å². The Kier molecular flexibility index (Phi) is 5.21. The second kappa shape index (κ2) is 7.16. The molecule has 0 spiro atoms. The molecule has 1 aromatic heterocycles. The highest BCUT2D eigenvalue weighted by atomic mass is 16.6. The fraction of sp³-hybridized carbons (Fsp3) is 0.294. The van der Waals surface area contributed by atoms with Crippen LogP contribution in [-0.4, -0.2) is 32.7 Å². The van der Waals surface area contributed by atoms with Crippen LogP contribution in [0, 0.1) is 6.92 Å². The van der Waals surface area contributed by atoms with E-state index in [9.17, 15) is 9.59 Å². The number of carbonyl (C=O) groups is 2. The molecule has 0 bridgehead atoms. The molecule has 0 atom stereocenters. The SMILES string of the molecule is Cc1nc(Nc2ccc(NC(=O)OC(C)(C)C)cc2)ncc1C(=O)O. The Morgan fingerprint density at radius 3 is 2.24 bits per heavy atom. The van der Waals surface area contributed by atoms with Gasteiger partial charge in [-0.1, -0.05) is 0 Å². The minimum atomic E-state index is -1.07. The van der Waals surface area contributed by atoms with Crippen molar-refractivity contribution in [2.45, 2.75) is 33.3 Å². The molecule has 2 aromatic rings. The molecule has 2 rings (SSSR count). The zero-order valence-corrected chi connectivity index (χ0v) is 14.5. The smallest absolute Gasteiger partial charge is 0.412 e. The number of nitrogens with one attached hydrogen (secondary N) is 2. The number of hydrogen-bond donors (Lipinski definition) is 3. The molecule has 0 aliphatic heterocycles. The molecule has 132 valence electrons. The number of carboxylic acids is 1. The molecule has 0 aliphatic carbocycles. The molecule has 25 heavy (non-hydrogen) atoms. The van der Waals surface area contributed by atoms with Crippen molar-refractivity contribution in [3.8, 4) is 0 Å². The third-order valence-electron chi connectivity index (χ3n) is 3.00. The van der Waals surface area contributed by atoms with Gasteiger partial charge in [-0.15, -0.1) is 0 Å². The molecule has 8 heteroatoms. The number of carbonyl (C=O) groups excluding carboxylic acids is 1. The van der Waals surface area contributed by atoms with E-state index in [1.807, 2.05) is 0 Å². The topological polar surface area (TPSA) is 113 Å². The average Bonchev–Trinajstić information content (AvgIpc) is 2.47. The monoisotopic (exact) mass is 344 g/mol. The highest BCUT2D eigenvalue weighted by Crippen LogP contribution is 2.18. The van der Waals surface area contributed by atoms with Gasteiger partial charge in [0.25, 0.3) is 0 Å². The Morgan fingerprint density at radius 2 is 1.72 bits per heavy atom. The van der Waals surface area contributed by atoms with Crippen LogP contribution in [0.1, 0.15) is 36.8 Å². The second-order valence-electron chi connectivity index (χ2n) is 6.33. The number of nitrogens with zero attached hydrogens (tertiary/aromatic N) is 2. The molecule has 0 radical (unpaired) electrons. The second-order valence-corrected chi connectivity index (χ2v) is 6.33. The standard InChI is InChI=1S/C17H20N4O4/c1-10-13(14(22)23)9-18-15(19-10)20-11-5-7-12(8-6-11)21-16(24)25-17(2,3)4/h5-9H,1-4H3,(H,21,24)(H,22,23)(H,18,19,20). The van der Waals surface area contributed by atoms with Crippen LogP contribution in [0.2, 0.25) is 0 Å². The Morgan fingerprint density at radius 1 is 1.12 bits per heavy atom. The number of aromatic carboxylic acids is 1. The Labute approximate surface area is 145 Å². The largest absolute Gasteiger partial charge is 0.478 e. The maximum Gasteiger partial charge on any atom is 0.412 e. The first-order valence-electron chi connectivity index (χ1n) is 7.58. The average molecular weight is 344 g/mol. The molecule has 1 amide bonds. The number of anilines is 3. The minimum absolute atomic E-state index is 0.0578. The van der Waals surface area contributed by atoms with E-state index >= 15 is 0 Å². The van der Waals surface area contributed by atoms with Crippen LogP contribution in [0.4, 0.5) is 22.1 Å². The number of ether oxygens (including phenoxy) is 1. The number of rotatable bonds is 4. The number of carboxylic acid groups (broad SMARTS) is 1. The number of aryl methyl sites for hydroxylation is 1. The van der Waals surface area contributed by atoms with Crippen LogP contribution in [0.5, 0.6) is 0 Å². The van der Waals surface area contributed by atoms with Gasteiger partial charge in [0.05, 0.1) is 11.3 Å². The summed E-state index contributed by atoms with van der Waals surface area (Å²) in [6, 6.07) is 6.86. The van der Waals surface area contributed by atoms with Crippen LogP contribution in [0.15, 0.2) is 30.5 Å². The summed E-state index contributed by atoms with van der Waals surface area (Å²) in [5.74, 6) is -0.781. The molecule has 1 heterocycles. The van der Waals surface area contributed by atoms with Crippen molar-refractivity contribution in [2.75, 3.05) is 10.6 Å². The van der Waals surface area contributed by atoms with Crippen molar-refractivity contribution in [3.63, 3.8) is 0 Å². The summed E-state index contributed by atoms with van der Waals surface area (Å²) in [5, 5.41) is 14.6. The number of amides is 1. The van der Waals surface area contributed by atoms with Gasteiger partial charge in [0.1, 0.15) is 5.60 Å². The van der Waals surface area contributed by atoms with Crippen molar-refractivity contribution in [2.24, 2.45) is 0 Å². The molecule has 0 saturated carbocycles. The molecule has 0 unspecified atom stereocenters. The maximum absolute atomic E-state index is 11.7. The van der Waals surface area contributed by atoms with Gasteiger partial charge in [0.2, 0.25) is 5.95 Å². The molecule has 8 nitrogen and oxygen atoms in total. The van der Waals surface area contributed by atoms with Crippen molar-refractivity contribution in [1.29, 1.82) is 0 Å². The predicted molar refractivity (Wildman–Crippen MR) is 93.3 cm³/mol. The third kappa shape index (κ3) is 5.45. The summed E-state index contributed by atoms with van der Waals surface area (Å²) in [4.78, 5) is 30.8. The first-order chi connectivity index (χ1) is 11.6. The van der Waals surface area contributed by atoms with Gasteiger partial charge in [-0.05, 0) is 52.0 Å². The minimum Gasteiger partial charge on any atom is -0.478 e. The van der Waals surface area contributed by atoms with Crippen molar-refractivity contribution in [1.82, 2.24) is 9.97 Å². The Bertz CT molecular complexity index is 782. The van der Waals surface area contributed by atoms with Crippen LogP contribution in [0.3, 0.4) is 0 Å². The van der Waals surface area contributed by atoms with Crippen molar-refractivity contribution >= 4 is 29.4 Å². The highest BCUT2D eigenvalue weighted by Gasteiger charge is 2.16. The lowest BCUT2D eigenvalue weighted by Gasteiger charge is -2.19. The third-order valence-corrected chi connectivity index (χ3v) is 3.00. The summed E-state index contributed by atoms with van der Waals surface area (Å²) < 4.78 is 5.18. The van der Waals surface area contributed by atoms with Gasteiger partial charge in [-0.2, -0.15) is 0 Å². The predicted octanol–water partition coefficient (Wildman–Crippen LogP) is 3.57. The highest BCUT2D eigenvalue weighted by molar-refractivity contribution is 5.88. The zero-order chi connectivity index (χ0) is 18.6. The van der Waals surface area contributed by atoms with Crippen LogP contribution >= 0.6 is 0 Å². The van der Waals surface area contributed by atoms with E-state index in [4.69, 9.17) is 9.84 Å². The lowest BCUT2D eigenvalue weighted by molar-refractivity contribution is 0.0634. The molecular weight excluding hydrogens is 324 g/mol. The summed E-state index contributed by atoms with van der Waals surface area (Å²) in [5.41, 5.74) is 1.13. The fourth-order valence-corrected chi connectivity index (χ4v) is 1.92. The first kappa shape index (κ1) is 18.2. The fourth-order valence-electron chi connectivity index (χ4n) is 1.92. The van der Waals surface area contributed by atoms with Crippen LogP contribution < -0.4 is 10.6 Å². The molecule has 1 aromatic carbocycles. The lowest BCUT2D eigenvalue weighted by Crippen LogP contribution is -2.27. The Hall–Kier alpha value is -3.16. The van der Waals surface area contributed by atoms with E-state index in [2.05, 4.69) is 20.6 Å². The first-order valence-corrected chi connectivity index (χ1v) is 7.58. The van der Waals surface area contributed by atoms with E-state index in [0.29, 0.717) is 17.1 Å². The van der Waals surface area contributed by atoms with Gasteiger partial charge in [-0.3, -0.25) is 5.32 Å². The number of hydrogen-bond acceptors (Lipinski definition) is 6. The van der Waals surface area contributed by atoms with Crippen LogP contribution in [0.25, 0.3) is 0 Å². The van der Waals surface area contributed by atoms with E-state index in [-0.39, 0.29) is 11.5 Å². The van der Waals surface area contributed by atoms with Gasteiger partial charge in [0, 0.05) is 17.6 Å². The summed E-state index contributed by atoms with van der Waals surface area (Å²) in [6.45, 7) is 6.97. The van der Waals surface area contributed by atoms with Crippen molar-refractivity contribution in [3.05, 3.63) is 41.7 Å². The normalized spacial score (nSPS) is 10.9. The van der Waals surface area contributed by atoms with Gasteiger partial charge < -0.3 is 15.2 Å². The van der Waals surface area contributed by atoms with E-state index in [1.165, 1.54) is 6.20 Å². The quantitative estimate of drug-likeness (QED) is 0.777. The van der Waals surface area contributed by atoms with Gasteiger partial charge >= 0.3 is 12.1 Å². The van der Waals surface area contributed by atoms with E-state index in [1.54, 1.807) is 52.0 Å².